The van der Waals surface area contributed by atoms with Gasteiger partial charge in [0.15, 0.2) is 9.90 Å². The van der Waals surface area contributed by atoms with Crippen molar-refractivity contribution >= 4 is 27.3 Å². The first-order chi connectivity index (χ1) is 10.1. The Morgan fingerprint density at radius 1 is 1.38 bits per heavy atom. The van der Waals surface area contributed by atoms with Crippen molar-refractivity contribution in [2.24, 2.45) is 5.92 Å². The maximum absolute atomic E-state index is 12.9. The van der Waals surface area contributed by atoms with E-state index >= 15 is 0 Å². The number of esters is 1. The molecule has 1 saturated heterocycles. The van der Waals surface area contributed by atoms with Gasteiger partial charge in [-0.05, 0) is 25.2 Å². The van der Waals surface area contributed by atoms with E-state index in [2.05, 4.69) is 9.72 Å². The molecule has 1 saturated carbocycles. The number of hydrogen-bond acceptors (Lipinski definition) is 6. The number of fused-ring (bicyclic) bond motifs is 1. The summed E-state index contributed by atoms with van der Waals surface area (Å²) < 4.78 is 32.0. The van der Waals surface area contributed by atoms with Gasteiger partial charge in [-0.3, -0.25) is 0 Å². The SMILES string of the molecule is COC(=O)c1ncsc1S(=O)(=O)N1CCC2CCCCC21. The second-order valence-electron chi connectivity index (χ2n) is 5.50. The van der Waals surface area contributed by atoms with Crippen LogP contribution in [-0.4, -0.2) is 43.4 Å². The lowest BCUT2D eigenvalue weighted by atomic mass is 9.86. The maximum atomic E-state index is 12.9. The van der Waals surface area contributed by atoms with E-state index in [9.17, 15) is 13.2 Å². The third-order valence-corrected chi connectivity index (χ3v) is 7.69. The Balaban J connectivity index is 1.94. The first kappa shape index (κ1) is 14.9. The molecule has 0 bridgehead atoms. The van der Waals surface area contributed by atoms with E-state index in [0.717, 1.165) is 37.0 Å². The van der Waals surface area contributed by atoms with Crippen LogP contribution in [0.1, 0.15) is 42.6 Å². The Morgan fingerprint density at radius 3 is 2.90 bits per heavy atom. The Kier molecular flexibility index (Phi) is 4.02. The van der Waals surface area contributed by atoms with E-state index in [1.165, 1.54) is 19.0 Å². The lowest BCUT2D eigenvalue weighted by Crippen LogP contribution is -2.39. The van der Waals surface area contributed by atoms with E-state index in [1.807, 2.05) is 0 Å². The molecular formula is C13H18N2O4S2. The highest BCUT2D eigenvalue weighted by atomic mass is 32.2. The van der Waals surface area contributed by atoms with E-state index in [0.29, 0.717) is 12.5 Å². The summed E-state index contributed by atoms with van der Waals surface area (Å²) in [5, 5.41) is 0. The zero-order valence-corrected chi connectivity index (χ0v) is 13.5. The molecule has 0 radical (unpaired) electrons. The Hall–Kier alpha value is -0.990. The molecule has 0 N–H and O–H groups in total. The summed E-state index contributed by atoms with van der Waals surface area (Å²) in [6, 6.07) is 0.0800. The molecule has 0 spiro atoms. The number of sulfonamides is 1. The lowest BCUT2D eigenvalue weighted by molar-refractivity contribution is 0.0590. The molecule has 21 heavy (non-hydrogen) atoms. The van der Waals surface area contributed by atoms with Crippen molar-refractivity contribution in [1.82, 2.24) is 9.29 Å². The molecule has 2 unspecified atom stereocenters. The van der Waals surface area contributed by atoms with Gasteiger partial charge in [0.1, 0.15) is 0 Å². The molecule has 2 fully saturated rings. The summed E-state index contributed by atoms with van der Waals surface area (Å²) in [6.07, 6.45) is 5.18. The van der Waals surface area contributed by atoms with Gasteiger partial charge >= 0.3 is 5.97 Å². The molecule has 3 rings (SSSR count). The molecule has 0 amide bonds. The summed E-state index contributed by atoms with van der Waals surface area (Å²) in [5.41, 5.74) is 1.29. The molecule has 2 heterocycles. The van der Waals surface area contributed by atoms with Crippen molar-refractivity contribution in [2.45, 2.75) is 42.4 Å². The smallest absolute Gasteiger partial charge is 0.358 e. The summed E-state index contributed by atoms with van der Waals surface area (Å²) in [7, 11) is -2.44. The van der Waals surface area contributed by atoms with Crippen molar-refractivity contribution in [3.63, 3.8) is 0 Å². The molecule has 6 nitrogen and oxygen atoms in total. The van der Waals surface area contributed by atoms with E-state index in [4.69, 9.17) is 0 Å². The maximum Gasteiger partial charge on any atom is 0.358 e. The van der Waals surface area contributed by atoms with Crippen molar-refractivity contribution in [2.75, 3.05) is 13.7 Å². The standard InChI is InChI=1S/C13H18N2O4S2/c1-19-12(16)11-13(20-8-14-11)21(17,18)15-7-6-9-4-2-3-5-10(9)15/h8-10H,2-7H2,1H3. The molecular weight excluding hydrogens is 312 g/mol. The molecule has 2 atom stereocenters. The zero-order chi connectivity index (χ0) is 15.0. The van der Waals surface area contributed by atoms with Crippen LogP contribution in [0.2, 0.25) is 0 Å². The summed E-state index contributed by atoms with van der Waals surface area (Å²) in [5.74, 6) is -0.239. The van der Waals surface area contributed by atoms with Crippen LogP contribution in [0, 0.1) is 5.92 Å². The van der Waals surface area contributed by atoms with E-state index < -0.39 is 16.0 Å². The number of ether oxygens (including phenoxy) is 1. The topological polar surface area (TPSA) is 76.6 Å². The van der Waals surface area contributed by atoms with E-state index in [-0.39, 0.29) is 15.9 Å². The largest absolute Gasteiger partial charge is 0.464 e. The molecule has 1 aromatic heterocycles. The normalized spacial score (nSPS) is 26.5. The number of nitrogens with zero attached hydrogens (tertiary/aromatic N) is 2. The number of hydrogen-bond donors (Lipinski definition) is 0. The molecule has 2 aliphatic rings. The van der Waals surface area contributed by atoms with Gasteiger partial charge in [-0.2, -0.15) is 4.31 Å². The van der Waals surface area contributed by atoms with Crippen LogP contribution >= 0.6 is 11.3 Å². The molecule has 1 aromatic rings. The second-order valence-corrected chi connectivity index (χ2v) is 8.44. The molecule has 0 aromatic carbocycles. The Morgan fingerprint density at radius 2 is 2.14 bits per heavy atom. The fourth-order valence-electron chi connectivity index (χ4n) is 3.42. The number of carbonyl (C=O) groups is 1. The van der Waals surface area contributed by atoms with Crippen molar-refractivity contribution in [1.29, 1.82) is 0 Å². The lowest BCUT2D eigenvalue weighted by Gasteiger charge is -2.30. The van der Waals surface area contributed by atoms with Gasteiger partial charge < -0.3 is 4.74 Å². The number of aromatic nitrogens is 1. The van der Waals surface area contributed by atoms with Crippen molar-refractivity contribution in [3.05, 3.63) is 11.2 Å². The third-order valence-electron chi connectivity index (χ3n) is 4.42. The second kappa shape index (κ2) is 5.66. The Bertz CT molecular complexity index is 640. The number of rotatable bonds is 3. The third kappa shape index (κ3) is 2.49. The highest BCUT2D eigenvalue weighted by molar-refractivity contribution is 7.91. The summed E-state index contributed by atoms with van der Waals surface area (Å²) in [6.45, 7) is 0.538. The highest BCUT2D eigenvalue weighted by Crippen LogP contribution is 2.40. The fourth-order valence-corrected chi connectivity index (χ4v) is 6.40. The van der Waals surface area contributed by atoms with Crippen molar-refractivity contribution in [3.8, 4) is 0 Å². The van der Waals surface area contributed by atoms with Crippen LogP contribution in [0.25, 0.3) is 0 Å². The summed E-state index contributed by atoms with van der Waals surface area (Å²) in [4.78, 5) is 15.5. The van der Waals surface area contributed by atoms with Gasteiger partial charge in [-0.15, -0.1) is 11.3 Å². The highest BCUT2D eigenvalue weighted by Gasteiger charge is 2.44. The van der Waals surface area contributed by atoms with Gasteiger partial charge in [0.2, 0.25) is 0 Å². The predicted molar refractivity (Wildman–Crippen MR) is 77.7 cm³/mol. The molecule has 8 heteroatoms. The van der Waals surface area contributed by atoms with Crippen molar-refractivity contribution < 1.29 is 17.9 Å². The minimum Gasteiger partial charge on any atom is -0.464 e. The number of methoxy groups -OCH3 is 1. The van der Waals surface area contributed by atoms with Crippen LogP contribution in [0.15, 0.2) is 9.72 Å². The quantitative estimate of drug-likeness (QED) is 0.791. The number of carbonyl (C=O) groups excluding carboxylic acids is 1. The number of thiazole rings is 1. The molecule has 1 aliphatic carbocycles. The zero-order valence-electron chi connectivity index (χ0n) is 11.8. The first-order valence-electron chi connectivity index (χ1n) is 7.09. The first-order valence-corrected chi connectivity index (χ1v) is 9.41. The average Bonchev–Trinajstić information content (AvgIpc) is 3.13. The van der Waals surface area contributed by atoms with Crippen LogP contribution < -0.4 is 0 Å². The van der Waals surface area contributed by atoms with E-state index in [1.54, 1.807) is 4.31 Å². The van der Waals surface area contributed by atoms with Gasteiger partial charge in [0.25, 0.3) is 10.0 Å². The van der Waals surface area contributed by atoms with Crippen LogP contribution in [-0.2, 0) is 14.8 Å². The van der Waals surface area contributed by atoms with Crippen LogP contribution in [0.5, 0.6) is 0 Å². The summed E-state index contributed by atoms with van der Waals surface area (Å²) >= 11 is 0.985. The average molecular weight is 330 g/mol. The molecule has 116 valence electrons. The Labute approximate surface area is 128 Å². The molecule has 1 aliphatic heterocycles. The minimum absolute atomic E-state index is 0.0144. The minimum atomic E-state index is -3.66. The van der Waals surface area contributed by atoms with Gasteiger partial charge in [-0.1, -0.05) is 12.8 Å². The van der Waals surface area contributed by atoms with Gasteiger partial charge in [0.05, 0.1) is 12.6 Å². The van der Waals surface area contributed by atoms with Crippen LogP contribution in [0.4, 0.5) is 0 Å². The predicted octanol–water partition coefficient (Wildman–Crippen LogP) is 1.88. The monoisotopic (exact) mass is 330 g/mol. The van der Waals surface area contributed by atoms with Gasteiger partial charge in [0, 0.05) is 12.6 Å². The van der Waals surface area contributed by atoms with Crippen LogP contribution in [0.3, 0.4) is 0 Å². The van der Waals surface area contributed by atoms with Gasteiger partial charge in [-0.25, -0.2) is 18.2 Å². The fraction of sp³-hybridized carbons (Fsp3) is 0.692.